The van der Waals surface area contributed by atoms with E-state index in [4.69, 9.17) is 15.3 Å². The van der Waals surface area contributed by atoms with Crippen molar-refractivity contribution in [3.05, 3.63) is 0 Å². The van der Waals surface area contributed by atoms with Crippen molar-refractivity contribution in [2.45, 2.75) is 0 Å². The molecule has 0 aromatic rings. The third-order valence-electron chi connectivity index (χ3n) is 0.424. The standard InChI is InChI=1S/3CH3O.Pd/c3*1-2;/h3*2H,1H2;. The summed E-state index contributed by atoms with van der Waals surface area (Å²) < 4.78 is 0. The first kappa shape index (κ1) is 7.54. The first-order chi connectivity index (χ1) is 3.35. The van der Waals surface area contributed by atoms with E-state index in [1.165, 1.54) is 0 Å². The zero-order chi connectivity index (χ0) is 5.70. The molecule has 0 aliphatic rings. The van der Waals surface area contributed by atoms with Crippen LogP contribution in [0.15, 0.2) is 0 Å². The predicted molar refractivity (Wildman–Crippen MR) is 21.3 cm³/mol. The molecular weight excluding hydrogens is 190 g/mol. The van der Waals surface area contributed by atoms with Gasteiger partial charge in [0.2, 0.25) is 0 Å². The van der Waals surface area contributed by atoms with Crippen LogP contribution in [0.4, 0.5) is 0 Å². The van der Waals surface area contributed by atoms with Crippen LogP contribution in [0.3, 0.4) is 0 Å². The summed E-state index contributed by atoms with van der Waals surface area (Å²) in [5, 5.41) is 24.7. The fraction of sp³-hybridized carbons (Fsp3) is 1.00. The first-order valence-electron chi connectivity index (χ1n) is 1.62. The van der Waals surface area contributed by atoms with Crippen molar-refractivity contribution < 1.29 is 32.1 Å². The van der Waals surface area contributed by atoms with Gasteiger partial charge in [-0.2, -0.15) is 0 Å². The summed E-state index contributed by atoms with van der Waals surface area (Å²) in [5.41, 5.74) is 0. The molecular formula is C3H9O3Pd. The molecule has 3 N–H and O–H groups in total. The molecule has 4 heteroatoms. The number of hydrogen-bond acceptors (Lipinski definition) is 3. The van der Waals surface area contributed by atoms with Gasteiger partial charge in [0.25, 0.3) is 0 Å². The summed E-state index contributed by atoms with van der Waals surface area (Å²) in [6.07, 6.45) is 0. The maximum absolute atomic E-state index is 8.26. The quantitative estimate of drug-likeness (QED) is 0.483. The van der Waals surface area contributed by atoms with Gasteiger partial charge >= 0.3 is 47.3 Å². The van der Waals surface area contributed by atoms with Crippen LogP contribution in [0.1, 0.15) is 0 Å². The van der Waals surface area contributed by atoms with Gasteiger partial charge in [-0.15, -0.1) is 0 Å². The summed E-state index contributed by atoms with van der Waals surface area (Å²) in [7, 11) is 0. The Morgan fingerprint density at radius 2 is 1.14 bits per heavy atom. The SMILES string of the molecule is O[CH2][Pd]([CH2]O)[CH2]O. The van der Waals surface area contributed by atoms with E-state index in [2.05, 4.69) is 0 Å². The monoisotopic (exact) mass is 199 g/mol. The maximum atomic E-state index is 8.26. The van der Waals surface area contributed by atoms with Gasteiger partial charge in [0.05, 0.1) is 0 Å². The number of aliphatic hydroxyl groups is 3. The topological polar surface area (TPSA) is 60.7 Å². The zero-order valence-electron chi connectivity index (χ0n) is 3.78. The van der Waals surface area contributed by atoms with Crippen molar-refractivity contribution in [2.24, 2.45) is 0 Å². The van der Waals surface area contributed by atoms with Crippen LogP contribution >= 0.6 is 0 Å². The van der Waals surface area contributed by atoms with E-state index < -0.39 is 16.8 Å². The van der Waals surface area contributed by atoms with E-state index in [0.29, 0.717) is 0 Å². The van der Waals surface area contributed by atoms with Gasteiger partial charge in [-0.25, -0.2) is 0 Å². The van der Waals surface area contributed by atoms with Crippen molar-refractivity contribution in [2.75, 3.05) is 15.2 Å². The Balaban J connectivity index is 2.99. The molecule has 0 bridgehead atoms. The fourth-order valence-corrected chi connectivity index (χ4v) is 0.561. The van der Waals surface area contributed by atoms with Gasteiger partial charge in [-0.3, -0.25) is 0 Å². The molecule has 0 heterocycles. The summed E-state index contributed by atoms with van der Waals surface area (Å²) in [5.74, 6) is 0. The van der Waals surface area contributed by atoms with Crippen LogP contribution in [0.25, 0.3) is 0 Å². The molecule has 49 valence electrons. The van der Waals surface area contributed by atoms with Crippen LogP contribution in [-0.2, 0) is 16.8 Å². The first-order valence-corrected chi connectivity index (χ1v) is 4.92. The van der Waals surface area contributed by atoms with E-state index >= 15 is 0 Å². The van der Waals surface area contributed by atoms with Crippen molar-refractivity contribution in [1.29, 1.82) is 0 Å². The van der Waals surface area contributed by atoms with E-state index in [-0.39, 0.29) is 15.2 Å². The van der Waals surface area contributed by atoms with E-state index in [9.17, 15) is 0 Å². The molecule has 0 amide bonds. The average molecular weight is 200 g/mol. The van der Waals surface area contributed by atoms with Crippen LogP contribution in [0.2, 0.25) is 0 Å². The molecule has 0 atom stereocenters. The second-order valence-electron chi connectivity index (χ2n) is 0.774. The Hall–Kier alpha value is 0.542. The second-order valence-corrected chi connectivity index (χ2v) is 4.58. The van der Waals surface area contributed by atoms with Crippen LogP contribution in [-0.4, -0.2) is 30.6 Å². The number of hydrogen-bond donors (Lipinski definition) is 3. The van der Waals surface area contributed by atoms with Gasteiger partial charge in [0.15, 0.2) is 0 Å². The summed E-state index contributed by atoms with van der Waals surface area (Å²) >= 11 is -1.32. The molecule has 0 aliphatic carbocycles. The Morgan fingerprint density at radius 3 is 1.14 bits per heavy atom. The normalized spacial score (nSPS) is 11.6. The predicted octanol–water partition coefficient (Wildman–Crippen LogP) is -1.55. The van der Waals surface area contributed by atoms with Crippen LogP contribution in [0.5, 0.6) is 0 Å². The van der Waals surface area contributed by atoms with Crippen molar-refractivity contribution >= 4 is 0 Å². The Labute approximate surface area is 47.9 Å². The molecule has 0 aliphatic heterocycles. The molecule has 0 aromatic carbocycles. The van der Waals surface area contributed by atoms with Crippen molar-refractivity contribution in [1.82, 2.24) is 0 Å². The Morgan fingerprint density at radius 1 is 0.857 bits per heavy atom. The minimum atomic E-state index is -1.32. The molecule has 0 saturated heterocycles. The van der Waals surface area contributed by atoms with E-state index in [0.717, 1.165) is 0 Å². The third-order valence-corrected chi connectivity index (χ3v) is 2.51. The molecule has 0 spiro atoms. The molecule has 0 fully saturated rings. The molecule has 0 rings (SSSR count). The summed E-state index contributed by atoms with van der Waals surface area (Å²) in [6, 6.07) is 0. The zero-order valence-corrected chi connectivity index (χ0v) is 5.33. The van der Waals surface area contributed by atoms with Crippen molar-refractivity contribution in [3.63, 3.8) is 0 Å². The second kappa shape index (κ2) is 4.70. The van der Waals surface area contributed by atoms with Gasteiger partial charge in [-0.05, 0) is 0 Å². The van der Waals surface area contributed by atoms with Crippen molar-refractivity contribution in [3.8, 4) is 0 Å². The Bertz CT molecular complexity index is 31.7. The molecule has 0 saturated carbocycles. The number of rotatable bonds is 3. The molecule has 0 unspecified atom stereocenters. The van der Waals surface area contributed by atoms with E-state index in [1.807, 2.05) is 0 Å². The molecule has 0 radical (unpaired) electrons. The molecule has 7 heavy (non-hydrogen) atoms. The number of aliphatic hydroxyl groups excluding tert-OH is 3. The van der Waals surface area contributed by atoms with Gasteiger partial charge < -0.3 is 0 Å². The third kappa shape index (κ3) is 3.15. The Kier molecular flexibility index (Phi) is 5.06. The molecule has 3 nitrogen and oxygen atoms in total. The van der Waals surface area contributed by atoms with Gasteiger partial charge in [0.1, 0.15) is 0 Å². The average Bonchev–Trinajstić information content (AvgIpc) is 1.72. The summed E-state index contributed by atoms with van der Waals surface area (Å²) in [6.45, 7) is 0. The molecule has 0 aromatic heterocycles. The van der Waals surface area contributed by atoms with Crippen LogP contribution in [0, 0.1) is 0 Å². The summed E-state index contributed by atoms with van der Waals surface area (Å²) in [4.78, 5) is 0. The van der Waals surface area contributed by atoms with E-state index in [1.54, 1.807) is 0 Å². The fourth-order valence-electron chi connectivity index (χ4n) is 0.0949. The van der Waals surface area contributed by atoms with Crippen LogP contribution < -0.4 is 0 Å². The van der Waals surface area contributed by atoms with Gasteiger partial charge in [0, 0.05) is 0 Å². The van der Waals surface area contributed by atoms with Gasteiger partial charge in [-0.1, -0.05) is 0 Å². The minimum absolute atomic E-state index is 0.0292.